The van der Waals surface area contributed by atoms with E-state index in [1.54, 1.807) is 12.3 Å². The summed E-state index contributed by atoms with van der Waals surface area (Å²) in [7, 11) is 0. The Labute approximate surface area is 120 Å². The molecular formula is C16H11FN4. The van der Waals surface area contributed by atoms with Crippen LogP contribution in [0.2, 0.25) is 0 Å². The third-order valence-corrected chi connectivity index (χ3v) is 3.06. The van der Waals surface area contributed by atoms with Gasteiger partial charge in [-0.1, -0.05) is 12.1 Å². The first-order valence-electron chi connectivity index (χ1n) is 6.40. The van der Waals surface area contributed by atoms with E-state index < -0.39 is 5.82 Å². The summed E-state index contributed by atoms with van der Waals surface area (Å²) in [5.74, 6) is -0.428. The highest BCUT2D eigenvalue weighted by atomic mass is 19.1. The Kier molecular flexibility index (Phi) is 3.44. The summed E-state index contributed by atoms with van der Waals surface area (Å²) in [5, 5.41) is 12.1. The summed E-state index contributed by atoms with van der Waals surface area (Å²) >= 11 is 0. The summed E-state index contributed by atoms with van der Waals surface area (Å²) in [6.07, 6.45) is 1.69. The first kappa shape index (κ1) is 13.0. The third-order valence-electron chi connectivity index (χ3n) is 3.06. The molecule has 1 aromatic heterocycles. The van der Waals surface area contributed by atoms with Gasteiger partial charge < -0.3 is 5.32 Å². The normalized spacial score (nSPS) is 10.3. The quantitative estimate of drug-likeness (QED) is 0.798. The molecule has 0 saturated carbocycles. The van der Waals surface area contributed by atoms with Gasteiger partial charge in [0.1, 0.15) is 11.9 Å². The Morgan fingerprint density at radius 2 is 1.95 bits per heavy atom. The fourth-order valence-electron chi connectivity index (χ4n) is 2.03. The highest BCUT2D eigenvalue weighted by Gasteiger charge is 2.04. The van der Waals surface area contributed by atoms with Gasteiger partial charge in [-0.25, -0.2) is 9.37 Å². The molecule has 1 N–H and O–H groups in total. The van der Waals surface area contributed by atoms with E-state index in [0.29, 0.717) is 12.2 Å². The summed E-state index contributed by atoms with van der Waals surface area (Å²) in [6.45, 7) is 0.415. The second-order valence-electron chi connectivity index (χ2n) is 4.51. The molecule has 0 fully saturated rings. The molecule has 4 nitrogen and oxygen atoms in total. The zero-order chi connectivity index (χ0) is 14.7. The molecule has 3 aromatic rings. The first-order valence-corrected chi connectivity index (χ1v) is 6.40. The number of aromatic nitrogens is 2. The van der Waals surface area contributed by atoms with Gasteiger partial charge in [0.15, 0.2) is 0 Å². The molecule has 21 heavy (non-hydrogen) atoms. The molecule has 0 spiro atoms. The molecule has 0 radical (unpaired) electrons. The minimum atomic E-state index is -0.428. The average Bonchev–Trinajstić information content (AvgIpc) is 2.53. The van der Waals surface area contributed by atoms with Gasteiger partial charge in [-0.05, 0) is 30.3 Å². The maximum atomic E-state index is 13.1. The van der Waals surface area contributed by atoms with Crippen LogP contribution in [0.3, 0.4) is 0 Å². The summed E-state index contributed by atoms with van der Waals surface area (Å²) < 4.78 is 13.1. The van der Waals surface area contributed by atoms with Gasteiger partial charge in [0, 0.05) is 0 Å². The van der Waals surface area contributed by atoms with Crippen molar-refractivity contribution in [1.82, 2.24) is 9.97 Å². The molecule has 0 amide bonds. The number of nitriles is 1. The molecular weight excluding hydrogens is 267 g/mol. The van der Waals surface area contributed by atoms with Gasteiger partial charge in [0.25, 0.3) is 0 Å². The molecule has 0 atom stereocenters. The second kappa shape index (κ2) is 5.55. The van der Waals surface area contributed by atoms with Gasteiger partial charge >= 0.3 is 0 Å². The number of rotatable bonds is 3. The molecule has 1 heterocycles. The van der Waals surface area contributed by atoms with Crippen LogP contribution >= 0.6 is 0 Å². The van der Waals surface area contributed by atoms with Gasteiger partial charge in [0.05, 0.1) is 40.7 Å². The van der Waals surface area contributed by atoms with Crippen molar-refractivity contribution in [3.8, 4) is 6.07 Å². The number of hydrogen-bond donors (Lipinski definition) is 1. The topological polar surface area (TPSA) is 61.6 Å². The standard InChI is InChI=1S/C16H11FN4/c17-12-5-6-14(11(7-12)8-18)19-9-13-10-20-15-3-1-2-4-16(15)21-13/h1-7,10,19H,9H2. The van der Waals surface area contributed by atoms with Crippen molar-refractivity contribution in [3.63, 3.8) is 0 Å². The van der Waals surface area contributed by atoms with Crippen LogP contribution in [-0.4, -0.2) is 9.97 Å². The summed E-state index contributed by atoms with van der Waals surface area (Å²) in [5.41, 5.74) is 3.25. The van der Waals surface area contributed by atoms with E-state index in [9.17, 15) is 4.39 Å². The fraction of sp³-hybridized carbons (Fsp3) is 0.0625. The molecule has 0 saturated heterocycles. The molecule has 102 valence electrons. The molecule has 0 aliphatic heterocycles. The van der Waals surface area contributed by atoms with Gasteiger partial charge in [-0.15, -0.1) is 0 Å². The highest BCUT2D eigenvalue weighted by molar-refractivity contribution is 5.73. The zero-order valence-corrected chi connectivity index (χ0v) is 11.0. The average molecular weight is 278 g/mol. The van der Waals surface area contributed by atoms with Crippen molar-refractivity contribution in [3.05, 3.63) is 65.7 Å². The minimum absolute atomic E-state index is 0.267. The van der Waals surface area contributed by atoms with Crippen LogP contribution in [0.25, 0.3) is 11.0 Å². The Balaban J connectivity index is 1.82. The summed E-state index contributed by atoms with van der Waals surface area (Å²) in [4.78, 5) is 8.80. The van der Waals surface area contributed by atoms with Gasteiger partial charge in [-0.3, -0.25) is 4.98 Å². The lowest BCUT2D eigenvalue weighted by Gasteiger charge is -2.08. The fourth-order valence-corrected chi connectivity index (χ4v) is 2.03. The predicted octanol–water partition coefficient (Wildman–Crippen LogP) is 3.25. The summed E-state index contributed by atoms with van der Waals surface area (Å²) in [6, 6.07) is 13.6. The zero-order valence-electron chi connectivity index (χ0n) is 11.0. The number of anilines is 1. The van der Waals surface area contributed by atoms with Crippen molar-refractivity contribution in [2.75, 3.05) is 5.32 Å². The van der Waals surface area contributed by atoms with E-state index in [1.165, 1.54) is 12.1 Å². The van der Waals surface area contributed by atoms with Crippen LogP contribution < -0.4 is 5.32 Å². The molecule has 0 bridgehead atoms. The number of nitrogens with one attached hydrogen (secondary N) is 1. The molecule has 0 unspecified atom stereocenters. The Bertz CT molecular complexity index is 839. The van der Waals surface area contributed by atoms with Gasteiger partial charge in [0.2, 0.25) is 0 Å². The monoisotopic (exact) mass is 278 g/mol. The number of nitrogens with zero attached hydrogens (tertiary/aromatic N) is 3. The number of hydrogen-bond acceptors (Lipinski definition) is 4. The van der Waals surface area contributed by atoms with Crippen molar-refractivity contribution in [1.29, 1.82) is 5.26 Å². The van der Waals surface area contributed by atoms with Crippen LogP contribution in [0.1, 0.15) is 11.3 Å². The van der Waals surface area contributed by atoms with Crippen LogP contribution in [0.15, 0.2) is 48.7 Å². The molecule has 5 heteroatoms. The smallest absolute Gasteiger partial charge is 0.124 e. The van der Waals surface area contributed by atoms with Gasteiger partial charge in [-0.2, -0.15) is 5.26 Å². The van der Waals surface area contributed by atoms with Crippen molar-refractivity contribution in [2.45, 2.75) is 6.54 Å². The van der Waals surface area contributed by atoms with E-state index in [-0.39, 0.29) is 5.56 Å². The van der Waals surface area contributed by atoms with Crippen molar-refractivity contribution in [2.24, 2.45) is 0 Å². The van der Waals surface area contributed by atoms with Crippen LogP contribution in [0, 0.1) is 17.1 Å². The van der Waals surface area contributed by atoms with Crippen molar-refractivity contribution < 1.29 is 4.39 Å². The van der Waals surface area contributed by atoms with E-state index in [4.69, 9.17) is 5.26 Å². The number of fused-ring (bicyclic) bond motifs is 1. The molecule has 2 aromatic carbocycles. The predicted molar refractivity (Wildman–Crippen MR) is 78.0 cm³/mol. The lowest BCUT2D eigenvalue weighted by molar-refractivity contribution is 0.627. The maximum Gasteiger partial charge on any atom is 0.124 e. The number of para-hydroxylation sites is 2. The number of benzene rings is 2. The van der Waals surface area contributed by atoms with E-state index in [2.05, 4.69) is 15.3 Å². The van der Waals surface area contributed by atoms with E-state index >= 15 is 0 Å². The Morgan fingerprint density at radius 3 is 2.76 bits per heavy atom. The van der Waals surface area contributed by atoms with E-state index in [0.717, 1.165) is 16.7 Å². The Hall–Kier alpha value is -3.00. The maximum absolute atomic E-state index is 13.1. The largest absolute Gasteiger partial charge is 0.378 e. The third kappa shape index (κ3) is 2.79. The molecule has 3 rings (SSSR count). The van der Waals surface area contributed by atoms with Crippen LogP contribution in [0.5, 0.6) is 0 Å². The first-order chi connectivity index (χ1) is 10.3. The SMILES string of the molecule is N#Cc1cc(F)ccc1NCc1cnc2ccccc2n1. The minimum Gasteiger partial charge on any atom is -0.378 e. The lowest BCUT2D eigenvalue weighted by Crippen LogP contribution is -2.04. The van der Waals surface area contributed by atoms with Crippen LogP contribution in [0.4, 0.5) is 10.1 Å². The van der Waals surface area contributed by atoms with Crippen molar-refractivity contribution >= 4 is 16.7 Å². The lowest BCUT2D eigenvalue weighted by atomic mass is 10.2. The number of halogens is 1. The van der Waals surface area contributed by atoms with E-state index in [1.807, 2.05) is 30.3 Å². The molecule has 0 aliphatic rings. The Morgan fingerprint density at radius 1 is 1.14 bits per heavy atom. The second-order valence-corrected chi connectivity index (χ2v) is 4.51. The highest BCUT2D eigenvalue weighted by Crippen LogP contribution is 2.17. The van der Waals surface area contributed by atoms with Crippen LogP contribution in [-0.2, 0) is 6.54 Å². The molecule has 0 aliphatic carbocycles.